The Morgan fingerprint density at radius 2 is 1.65 bits per heavy atom. The molecule has 0 spiro atoms. The SMILES string of the molecule is Cc1cccc(C)c1-n1nnnc1SCc1ccc(CO)cc1. The average molecular weight is 326 g/mol. The highest BCUT2D eigenvalue weighted by molar-refractivity contribution is 7.98. The molecule has 6 heteroatoms. The van der Waals surface area contributed by atoms with Crippen LogP contribution in [0.15, 0.2) is 47.6 Å². The van der Waals surface area contributed by atoms with Crippen molar-refractivity contribution in [3.8, 4) is 5.69 Å². The molecule has 118 valence electrons. The van der Waals surface area contributed by atoms with Gasteiger partial charge < -0.3 is 5.11 Å². The molecule has 0 saturated carbocycles. The minimum atomic E-state index is 0.0677. The van der Waals surface area contributed by atoms with E-state index in [-0.39, 0.29) is 6.61 Å². The van der Waals surface area contributed by atoms with Crippen molar-refractivity contribution >= 4 is 11.8 Å². The van der Waals surface area contributed by atoms with Gasteiger partial charge in [0.2, 0.25) is 5.16 Å². The number of rotatable bonds is 5. The summed E-state index contributed by atoms with van der Waals surface area (Å²) < 4.78 is 1.80. The lowest BCUT2D eigenvalue weighted by Gasteiger charge is -2.10. The second-order valence-electron chi connectivity index (χ2n) is 5.38. The Morgan fingerprint density at radius 1 is 1.00 bits per heavy atom. The number of aliphatic hydroxyl groups is 1. The van der Waals surface area contributed by atoms with Crippen LogP contribution in [0.1, 0.15) is 22.3 Å². The van der Waals surface area contributed by atoms with Gasteiger partial charge in [-0.25, -0.2) is 0 Å². The van der Waals surface area contributed by atoms with E-state index in [0.29, 0.717) is 0 Å². The summed E-state index contributed by atoms with van der Waals surface area (Å²) in [6.07, 6.45) is 0. The number of thioether (sulfide) groups is 1. The summed E-state index contributed by atoms with van der Waals surface area (Å²) in [5.74, 6) is 0.775. The average Bonchev–Trinajstić information content (AvgIpc) is 3.01. The maximum Gasteiger partial charge on any atom is 0.214 e. The molecule has 0 saturated heterocycles. The monoisotopic (exact) mass is 326 g/mol. The van der Waals surface area contributed by atoms with Crippen LogP contribution < -0.4 is 0 Å². The Bertz CT molecular complexity index is 778. The molecule has 0 aliphatic heterocycles. The molecule has 1 aromatic heterocycles. The van der Waals surface area contributed by atoms with Gasteiger partial charge in [-0.3, -0.25) is 0 Å². The van der Waals surface area contributed by atoms with E-state index in [1.165, 1.54) is 5.56 Å². The summed E-state index contributed by atoms with van der Waals surface area (Å²) in [6.45, 7) is 4.19. The maximum absolute atomic E-state index is 9.09. The Hall–Kier alpha value is -2.18. The number of hydrogen-bond acceptors (Lipinski definition) is 5. The van der Waals surface area contributed by atoms with Crippen molar-refractivity contribution in [2.75, 3.05) is 0 Å². The van der Waals surface area contributed by atoms with Crippen molar-refractivity contribution in [3.05, 3.63) is 64.7 Å². The van der Waals surface area contributed by atoms with Crippen LogP contribution in [-0.4, -0.2) is 25.3 Å². The lowest BCUT2D eigenvalue weighted by Crippen LogP contribution is -2.04. The first kappa shape index (κ1) is 15.7. The van der Waals surface area contributed by atoms with Crippen LogP contribution >= 0.6 is 11.8 Å². The summed E-state index contributed by atoms with van der Waals surface area (Å²) in [5, 5.41) is 22.0. The van der Waals surface area contributed by atoms with Crippen LogP contribution in [0.4, 0.5) is 0 Å². The van der Waals surface area contributed by atoms with Gasteiger partial charge in [-0.2, -0.15) is 4.68 Å². The van der Waals surface area contributed by atoms with Gasteiger partial charge in [0.05, 0.1) is 12.3 Å². The van der Waals surface area contributed by atoms with Crippen LogP contribution in [-0.2, 0) is 12.4 Å². The largest absolute Gasteiger partial charge is 0.392 e. The summed E-state index contributed by atoms with van der Waals surface area (Å²) in [4.78, 5) is 0. The second-order valence-corrected chi connectivity index (χ2v) is 6.32. The molecule has 0 aliphatic rings. The van der Waals surface area contributed by atoms with Crippen LogP contribution in [0.2, 0.25) is 0 Å². The van der Waals surface area contributed by atoms with Crippen molar-refractivity contribution in [2.45, 2.75) is 31.4 Å². The molecule has 1 N–H and O–H groups in total. The summed E-state index contributed by atoms with van der Waals surface area (Å²) in [6, 6.07) is 14.1. The van der Waals surface area contributed by atoms with Gasteiger partial charge in [-0.05, 0) is 46.5 Å². The van der Waals surface area contributed by atoms with Crippen molar-refractivity contribution in [3.63, 3.8) is 0 Å². The van der Waals surface area contributed by atoms with Gasteiger partial charge in [-0.15, -0.1) is 5.10 Å². The van der Waals surface area contributed by atoms with Crippen molar-refractivity contribution in [1.29, 1.82) is 0 Å². The molecule has 3 aromatic rings. The van der Waals surface area contributed by atoms with Gasteiger partial charge >= 0.3 is 0 Å². The number of para-hydroxylation sites is 1. The number of benzene rings is 2. The number of aromatic nitrogens is 4. The van der Waals surface area contributed by atoms with Crippen LogP contribution in [0.5, 0.6) is 0 Å². The van der Waals surface area contributed by atoms with E-state index in [1.807, 2.05) is 30.3 Å². The van der Waals surface area contributed by atoms with Gasteiger partial charge in [0, 0.05) is 5.75 Å². The minimum absolute atomic E-state index is 0.0677. The predicted octanol–water partition coefficient (Wildman–Crippen LogP) is 3.06. The number of aliphatic hydroxyl groups excluding tert-OH is 1. The zero-order valence-corrected chi connectivity index (χ0v) is 13.9. The van der Waals surface area contributed by atoms with Crippen molar-refractivity contribution in [2.24, 2.45) is 0 Å². The van der Waals surface area contributed by atoms with E-state index < -0.39 is 0 Å². The Kier molecular flexibility index (Phi) is 4.73. The van der Waals surface area contributed by atoms with E-state index in [1.54, 1.807) is 16.4 Å². The third-order valence-corrected chi connectivity index (χ3v) is 4.66. The summed E-state index contributed by atoms with van der Waals surface area (Å²) >= 11 is 1.60. The van der Waals surface area contributed by atoms with Gasteiger partial charge in [0.15, 0.2) is 0 Å². The normalized spacial score (nSPS) is 10.9. The zero-order valence-electron chi connectivity index (χ0n) is 13.1. The van der Waals surface area contributed by atoms with Crippen molar-refractivity contribution in [1.82, 2.24) is 20.2 Å². The number of tetrazole rings is 1. The molecule has 0 aliphatic carbocycles. The Balaban J connectivity index is 1.81. The fraction of sp³-hybridized carbons (Fsp3) is 0.235. The number of nitrogens with zero attached hydrogens (tertiary/aromatic N) is 4. The van der Waals surface area contributed by atoms with Crippen LogP contribution in [0, 0.1) is 13.8 Å². The molecule has 3 rings (SSSR count). The molecule has 0 unspecified atom stereocenters. The zero-order chi connectivity index (χ0) is 16.2. The second kappa shape index (κ2) is 6.93. The molecule has 0 atom stereocenters. The molecule has 0 radical (unpaired) electrons. The first-order valence-corrected chi connectivity index (χ1v) is 8.34. The lowest BCUT2D eigenvalue weighted by molar-refractivity contribution is 0.282. The highest BCUT2D eigenvalue weighted by Gasteiger charge is 2.13. The Morgan fingerprint density at radius 3 is 2.30 bits per heavy atom. The van der Waals surface area contributed by atoms with Gasteiger partial charge in [0.1, 0.15) is 0 Å². The molecule has 1 heterocycles. The van der Waals surface area contributed by atoms with E-state index in [0.717, 1.165) is 33.3 Å². The third-order valence-electron chi connectivity index (χ3n) is 3.67. The fourth-order valence-electron chi connectivity index (χ4n) is 2.44. The highest BCUT2D eigenvalue weighted by atomic mass is 32.2. The first-order chi connectivity index (χ1) is 11.2. The fourth-order valence-corrected chi connectivity index (χ4v) is 3.27. The topological polar surface area (TPSA) is 63.8 Å². The summed E-state index contributed by atoms with van der Waals surface area (Å²) in [7, 11) is 0. The number of aryl methyl sites for hydroxylation is 2. The van der Waals surface area contributed by atoms with E-state index in [4.69, 9.17) is 5.11 Å². The molecular weight excluding hydrogens is 308 g/mol. The molecule has 2 aromatic carbocycles. The molecule has 0 bridgehead atoms. The molecule has 0 amide bonds. The molecule has 5 nitrogen and oxygen atoms in total. The highest BCUT2D eigenvalue weighted by Crippen LogP contribution is 2.25. The molecule has 0 fully saturated rings. The van der Waals surface area contributed by atoms with E-state index in [9.17, 15) is 0 Å². The molecular formula is C17H18N4OS. The van der Waals surface area contributed by atoms with Crippen LogP contribution in [0.3, 0.4) is 0 Å². The smallest absolute Gasteiger partial charge is 0.214 e. The quantitative estimate of drug-likeness (QED) is 0.730. The van der Waals surface area contributed by atoms with E-state index >= 15 is 0 Å². The minimum Gasteiger partial charge on any atom is -0.392 e. The summed E-state index contributed by atoms with van der Waals surface area (Å²) in [5.41, 5.74) is 5.41. The Labute approximate surface area is 139 Å². The molecule has 23 heavy (non-hydrogen) atoms. The van der Waals surface area contributed by atoms with Crippen LogP contribution in [0.25, 0.3) is 5.69 Å². The van der Waals surface area contributed by atoms with Gasteiger partial charge in [-0.1, -0.05) is 54.2 Å². The third kappa shape index (κ3) is 3.43. The number of hydrogen-bond donors (Lipinski definition) is 1. The standard InChI is InChI=1S/C17H18N4OS/c1-12-4-3-5-13(2)16(12)21-17(18-19-20-21)23-11-15-8-6-14(10-22)7-9-15/h3-9,22H,10-11H2,1-2H3. The van der Waals surface area contributed by atoms with Crippen molar-refractivity contribution < 1.29 is 5.11 Å². The maximum atomic E-state index is 9.09. The van der Waals surface area contributed by atoms with Gasteiger partial charge in [0.25, 0.3) is 0 Å². The lowest BCUT2D eigenvalue weighted by atomic mass is 10.1. The van der Waals surface area contributed by atoms with E-state index in [2.05, 4.69) is 41.5 Å². The predicted molar refractivity (Wildman–Crippen MR) is 90.6 cm³/mol. The first-order valence-electron chi connectivity index (χ1n) is 7.35.